The molecule has 184 valence electrons. The lowest BCUT2D eigenvalue weighted by atomic mass is 10.00. The van der Waals surface area contributed by atoms with Crippen molar-refractivity contribution in [2.75, 3.05) is 20.6 Å². The SMILES string of the molecule is CN(C)CC(N)c1cc(F)cc(-c2nccc3[nH]c(-c4n[nH]c5ccc(-c6cnccn6)cc45)cc23)c1. The number of H-pyrrole nitrogens is 2. The zero-order valence-corrected chi connectivity index (χ0v) is 20.4. The minimum absolute atomic E-state index is 0.315. The molecule has 4 N–H and O–H groups in total. The smallest absolute Gasteiger partial charge is 0.124 e. The van der Waals surface area contributed by atoms with Crippen molar-refractivity contribution in [3.63, 3.8) is 0 Å². The molecule has 37 heavy (non-hydrogen) atoms. The molecule has 0 aliphatic rings. The monoisotopic (exact) mass is 492 g/mol. The fourth-order valence-electron chi connectivity index (χ4n) is 4.70. The van der Waals surface area contributed by atoms with E-state index in [1.807, 2.05) is 55.4 Å². The van der Waals surface area contributed by atoms with E-state index in [1.165, 1.54) is 12.1 Å². The van der Waals surface area contributed by atoms with Gasteiger partial charge in [-0.15, -0.1) is 0 Å². The molecule has 0 spiro atoms. The second kappa shape index (κ2) is 9.20. The van der Waals surface area contributed by atoms with E-state index >= 15 is 0 Å². The topological polar surface area (TPSA) is 112 Å². The Balaban J connectivity index is 1.45. The first-order chi connectivity index (χ1) is 18.0. The molecule has 6 rings (SSSR count). The first kappa shape index (κ1) is 23.0. The van der Waals surface area contributed by atoms with Gasteiger partial charge in [0.05, 0.1) is 28.8 Å². The summed E-state index contributed by atoms with van der Waals surface area (Å²) in [5.41, 5.74) is 13.6. The van der Waals surface area contributed by atoms with Gasteiger partial charge in [0, 0.05) is 58.6 Å². The van der Waals surface area contributed by atoms with Gasteiger partial charge < -0.3 is 15.6 Å². The van der Waals surface area contributed by atoms with Crippen LogP contribution in [-0.4, -0.2) is 55.7 Å². The summed E-state index contributed by atoms with van der Waals surface area (Å²) in [5.74, 6) is -0.342. The van der Waals surface area contributed by atoms with Gasteiger partial charge in [-0.05, 0) is 62.1 Å². The van der Waals surface area contributed by atoms with Crippen molar-refractivity contribution in [3.8, 4) is 33.9 Å². The lowest BCUT2D eigenvalue weighted by molar-refractivity contribution is 0.376. The first-order valence-corrected chi connectivity index (χ1v) is 11.9. The summed E-state index contributed by atoms with van der Waals surface area (Å²) in [5, 5.41) is 9.52. The highest BCUT2D eigenvalue weighted by Gasteiger charge is 2.17. The molecule has 0 saturated heterocycles. The van der Waals surface area contributed by atoms with E-state index in [9.17, 15) is 4.39 Å². The number of nitrogens with one attached hydrogen (secondary N) is 2. The third-order valence-electron chi connectivity index (χ3n) is 6.41. The van der Waals surface area contributed by atoms with E-state index in [0.29, 0.717) is 17.8 Å². The molecule has 0 radical (unpaired) electrons. The Kier molecular flexibility index (Phi) is 5.71. The lowest BCUT2D eigenvalue weighted by Gasteiger charge is -2.18. The number of rotatable bonds is 6. The summed E-state index contributed by atoms with van der Waals surface area (Å²) in [6, 6.07) is 14.5. The number of hydrogen-bond acceptors (Lipinski definition) is 6. The molecular formula is C28H25FN8. The third-order valence-corrected chi connectivity index (χ3v) is 6.41. The first-order valence-electron chi connectivity index (χ1n) is 11.9. The maximum Gasteiger partial charge on any atom is 0.124 e. The van der Waals surface area contributed by atoms with E-state index in [0.717, 1.165) is 50.0 Å². The Morgan fingerprint density at radius 3 is 2.57 bits per heavy atom. The normalized spacial score (nSPS) is 12.6. The summed E-state index contributed by atoms with van der Waals surface area (Å²) in [7, 11) is 3.89. The number of hydrogen-bond donors (Lipinski definition) is 3. The highest BCUT2D eigenvalue weighted by atomic mass is 19.1. The predicted octanol–water partition coefficient (Wildman–Crippen LogP) is 4.93. The number of aromatic amines is 2. The Labute approximate surface area is 212 Å². The number of likely N-dealkylation sites (N-methyl/N-ethyl adjacent to an activating group) is 1. The average Bonchev–Trinajstić information content (AvgIpc) is 3.52. The molecule has 0 bridgehead atoms. The van der Waals surface area contributed by atoms with E-state index in [2.05, 4.69) is 30.1 Å². The molecule has 0 aliphatic heterocycles. The number of aromatic nitrogens is 6. The Morgan fingerprint density at radius 1 is 0.892 bits per heavy atom. The molecule has 0 amide bonds. The quantitative estimate of drug-likeness (QED) is 0.304. The van der Waals surface area contributed by atoms with Crippen LogP contribution in [0.15, 0.2) is 73.3 Å². The van der Waals surface area contributed by atoms with Crippen LogP contribution in [0, 0.1) is 5.82 Å². The van der Waals surface area contributed by atoms with E-state index in [-0.39, 0.29) is 11.9 Å². The van der Waals surface area contributed by atoms with Crippen molar-refractivity contribution < 1.29 is 4.39 Å². The van der Waals surface area contributed by atoms with Crippen LogP contribution < -0.4 is 5.73 Å². The van der Waals surface area contributed by atoms with Crippen molar-refractivity contribution in [2.24, 2.45) is 5.73 Å². The summed E-state index contributed by atoms with van der Waals surface area (Å²) < 4.78 is 14.7. The van der Waals surface area contributed by atoms with E-state index in [1.54, 1.807) is 24.8 Å². The maximum absolute atomic E-state index is 14.7. The summed E-state index contributed by atoms with van der Waals surface area (Å²) in [4.78, 5) is 18.6. The van der Waals surface area contributed by atoms with E-state index in [4.69, 9.17) is 5.73 Å². The maximum atomic E-state index is 14.7. The van der Waals surface area contributed by atoms with Crippen LogP contribution in [0.3, 0.4) is 0 Å². The minimum atomic E-state index is -0.342. The predicted molar refractivity (Wildman–Crippen MR) is 143 cm³/mol. The molecule has 2 aromatic carbocycles. The zero-order valence-electron chi connectivity index (χ0n) is 20.4. The molecule has 4 heterocycles. The van der Waals surface area contributed by atoms with Gasteiger partial charge in [0.1, 0.15) is 11.5 Å². The zero-order chi connectivity index (χ0) is 25.5. The number of nitrogens with zero attached hydrogens (tertiary/aromatic N) is 5. The van der Waals surface area contributed by atoms with Crippen molar-refractivity contribution in [1.29, 1.82) is 0 Å². The summed E-state index contributed by atoms with van der Waals surface area (Å²) in [6.07, 6.45) is 6.78. The van der Waals surface area contributed by atoms with Crippen molar-refractivity contribution >= 4 is 21.8 Å². The standard InChI is InChI=1S/C28H25FN8/c1-37(2)15-22(30)17-9-18(11-19(29)10-17)27-21-13-25(34-23(21)5-6-33-27)28-20-12-16(3-4-24(20)35-36-28)26-14-31-7-8-32-26/h3-14,22,34H,15,30H2,1-2H3,(H,35,36). The van der Waals surface area contributed by atoms with Crippen LogP contribution in [0.4, 0.5) is 4.39 Å². The Morgan fingerprint density at radius 2 is 1.76 bits per heavy atom. The molecule has 9 heteroatoms. The molecule has 8 nitrogen and oxygen atoms in total. The third kappa shape index (κ3) is 4.35. The van der Waals surface area contributed by atoms with Gasteiger partial charge in [-0.3, -0.25) is 20.1 Å². The molecule has 0 fully saturated rings. The number of benzene rings is 2. The van der Waals surface area contributed by atoms with Crippen LogP contribution in [0.25, 0.3) is 55.7 Å². The van der Waals surface area contributed by atoms with E-state index < -0.39 is 0 Å². The van der Waals surface area contributed by atoms with Crippen molar-refractivity contribution in [2.45, 2.75) is 6.04 Å². The highest BCUT2D eigenvalue weighted by molar-refractivity contribution is 6.00. The molecule has 0 saturated carbocycles. The number of nitrogens with two attached hydrogens (primary N) is 1. The number of pyridine rings is 1. The van der Waals surface area contributed by atoms with Crippen molar-refractivity contribution in [3.05, 3.63) is 84.7 Å². The molecule has 6 aromatic rings. The molecule has 4 aromatic heterocycles. The largest absolute Gasteiger partial charge is 0.353 e. The fraction of sp³-hybridized carbons (Fsp3) is 0.143. The minimum Gasteiger partial charge on any atom is -0.353 e. The Bertz CT molecular complexity index is 1720. The molecule has 1 unspecified atom stereocenters. The fourth-order valence-corrected chi connectivity index (χ4v) is 4.70. The van der Waals surface area contributed by atoms with Gasteiger partial charge >= 0.3 is 0 Å². The second-order valence-corrected chi connectivity index (χ2v) is 9.37. The van der Waals surface area contributed by atoms with Crippen molar-refractivity contribution in [1.82, 2.24) is 35.0 Å². The van der Waals surface area contributed by atoms with Gasteiger partial charge in [0.25, 0.3) is 0 Å². The van der Waals surface area contributed by atoms with Gasteiger partial charge in [0.15, 0.2) is 0 Å². The molecule has 0 aliphatic carbocycles. The molecule has 1 atom stereocenters. The average molecular weight is 493 g/mol. The van der Waals surface area contributed by atoms with Gasteiger partial charge in [-0.1, -0.05) is 6.07 Å². The number of halogens is 1. The van der Waals surface area contributed by atoms with Gasteiger partial charge in [-0.2, -0.15) is 5.10 Å². The number of fused-ring (bicyclic) bond motifs is 2. The highest BCUT2D eigenvalue weighted by Crippen LogP contribution is 2.35. The van der Waals surface area contributed by atoms with Crippen LogP contribution in [0.1, 0.15) is 11.6 Å². The molecular weight excluding hydrogens is 467 g/mol. The lowest BCUT2D eigenvalue weighted by Crippen LogP contribution is -2.26. The van der Waals surface area contributed by atoms with Gasteiger partial charge in [-0.25, -0.2) is 4.39 Å². The van der Waals surface area contributed by atoms with Crippen LogP contribution in [0.2, 0.25) is 0 Å². The van der Waals surface area contributed by atoms with Crippen LogP contribution in [0.5, 0.6) is 0 Å². The summed E-state index contributed by atoms with van der Waals surface area (Å²) in [6.45, 7) is 0.609. The second-order valence-electron chi connectivity index (χ2n) is 9.37. The summed E-state index contributed by atoms with van der Waals surface area (Å²) >= 11 is 0. The van der Waals surface area contributed by atoms with Crippen LogP contribution in [-0.2, 0) is 0 Å². The Hall–Kier alpha value is -4.47. The van der Waals surface area contributed by atoms with Gasteiger partial charge in [0.2, 0.25) is 0 Å². The van der Waals surface area contributed by atoms with Crippen LogP contribution >= 0.6 is 0 Å².